The lowest BCUT2D eigenvalue weighted by Gasteiger charge is -2.32. The maximum atomic E-state index is 12.3. The smallest absolute Gasteiger partial charge is 0.255 e. The summed E-state index contributed by atoms with van der Waals surface area (Å²) in [7, 11) is 0. The number of nitrogens with one attached hydrogen (secondary N) is 1. The molecule has 1 aliphatic heterocycles. The Balaban J connectivity index is 1.60. The van der Waals surface area contributed by atoms with Gasteiger partial charge >= 0.3 is 0 Å². The minimum Gasteiger partial charge on any atom is -0.378 e. The van der Waals surface area contributed by atoms with Crippen molar-refractivity contribution in [3.63, 3.8) is 0 Å². The van der Waals surface area contributed by atoms with Gasteiger partial charge in [-0.2, -0.15) is 0 Å². The fraction of sp³-hybridized carbons (Fsp3) is 0.381. The third-order valence-corrected chi connectivity index (χ3v) is 5.40. The summed E-state index contributed by atoms with van der Waals surface area (Å²) in [6.07, 6.45) is 2.54. The Morgan fingerprint density at radius 1 is 1.12 bits per heavy atom. The zero-order valence-corrected chi connectivity index (χ0v) is 16.5. The van der Waals surface area contributed by atoms with Gasteiger partial charge in [0.15, 0.2) is 0 Å². The van der Waals surface area contributed by atoms with Crippen molar-refractivity contribution in [2.45, 2.75) is 32.8 Å². The van der Waals surface area contributed by atoms with Crippen LogP contribution in [0.15, 0.2) is 42.5 Å². The monoisotopic (exact) mass is 391 g/mol. The molecule has 1 N–H and O–H groups in total. The number of hydrogen-bond donors (Lipinski definition) is 1. The van der Waals surface area contributed by atoms with Crippen molar-refractivity contribution in [1.82, 2.24) is 0 Å². The molecule has 0 spiro atoms. The average molecular weight is 392 g/mol. The fourth-order valence-electron chi connectivity index (χ4n) is 3.33. The van der Waals surface area contributed by atoms with Crippen molar-refractivity contribution in [2.24, 2.45) is 11.8 Å². The van der Waals surface area contributed by atoms with Gasteiger partial charge in [0.1, 0.15) is 0 Å². The third-order valence-electron chi connectivity index (χ3n) is 4.96. The minimum atomic E-state index is -0.231. The van der Waals surface area contributed by atoms with Gasteiger partial charge in [-0.3, -0.25) is 4.79 Å². The Bertz CT molecular complexity index is 756. The maximum Gasteiger partial charge on any atom is 0.255 e. The minimum absolute atomic E-state index is 0.231. The summed E-state index contributed by atoms with van der Waals surface area (Å²) < 4.78 is 5.84. The molecule has 3 unspecified atom stereocenters. The first-order valence-electron chi connectivity index (χ1n) is 8.88. The van der Waals surface area contributed by atoms with E-state index < -0.39 is 0 Å². The van der Waals surface area contributed by atoms with Crippen LogP contribution in [0.1, 0.15) is 36.2 Å². The molecule has 0 aromatic heterocycles. The molecular formula is C21H23Cl2NO2. The van der Waals surface area contributed by atoms with Crippen LogP contribution in [-0.2, 0) is 11.2 Å². The van der Waals surface area contributed by atoms with Crippen LogP contribution in [0.4, 0.5) is 5.69 Å². The highest BCUT2D eigenvalue weighted by Crippen LogP contribution is 2.27. The molecule has 0 bridgehead atoms. The van der Waals surface area contributed by atoms with E-state index in [4.69, 9.17) is 27.9 Å². The van der Waals surface area contributed by atoms with Gasteiger partial charge in [0, 0.05) is 21.3 Å². The average Bonchev–Trinajstić information content (AvgIpc) is 2.59. The quantitative estimate of drug-likeness (QED) is 0.709. The van der Waals surface area contributed by atoms with Crippen LogP contribution in [-0.4, -0.2) is 18.6 Å². The highest BCUT2D eigenvalue weighted by atomic mass is 35.5. The van der Waals surface area contributed by atoms with E-state index in [1.54, 1.807) is 18.2 Å². The molecule has 0 radical (unpaired) electrons. The zero-order valence-electron chi connectivity index (χ0n) is 15.0. The van der Waals surface area contributed by atoms with E-state index in [2.05, 4.69) is 31.3 Å². The molecule has 2 aromatic rings. The van der Waals surface area contributed by atoms with Crippen molar-refractivity contribution in [2.75, 3.05) is 11.9 Å². The SMILES string of the molecule is CC1CC(Cc2ccc(NC(=O)c3cc(Cl)cc(Cl)c3)cc2)COC1C. The molecule has 2 aromatic carbocycles. The van der Waals surface area contributed by atoms with Crippen molar-refractivity contribution in [3.05, 3.63) is 63.6 Å². The second kappa shape index (κ2) is 8.43. The zero-order chi connectivity index (χ0) is 18.7. The van der Waals surface area contributed by atoms with Gasteiger partial charge in [0.05, 0.1) is 12.7 Å². The first-order chi connectivity index (χ1) is 12.4. The van der Waals surface area contributed by atoms with Gasteiger partial charge in [-0.05, 0) is 67.5 Å². The van der Waals surface area contributed by atoms with Crippen molar-refractivity contribution < 1.29 is 9.53 Å². The summed E-state index contributed by atoms with van der Waals surface area (Å²) in [4.78, 5) is 12.3. The van der Waals surface area contributed by atoms with Crippen LogP contribution >= 0.6 is 23.2 Å². The highest BCUT2D eigenvalue weighted by Gasteiger charge is 2.25. The van der Waals surface area contributed by atoms with Gasteiger partial charge in [-0.15, -0.1) is 0 Å². The molecule has 26 heavy (non-hydrogen) atoms. The topological polar surface area (TPSA) is 38.3 Å². The Hall–Kier alpha value is -1.55. The van der Waals surface area contributed by atoms with E-state index in [-0.39, 0.29) is 5.91 Å². The Morgan fingerprint density at radius 2 is 1.77 bits per heavy atom. The second-order valence-electron chi connectivity index (χ2n) is 7.13. The molecule has 3 atom stereocenters. The standard InChI is InChI=1S/C21H23Cl2NO2/c1-13-7-16(12-26-14(13)2)8-15-3-5-20(6-4-15)24-21(25)17-9-18(22)11-19(23)10-17/h3-6,9-11,13-14,16H,7-8,12H2,1-2H3,(H,24,25). The first kappa shape index (κ1) is 19.2. The molecule has 1 amide bonds. The number of carbonyl (C=O) groups is 1. The Morgan fingerprint density at radius 3 is 2.38 bits per heavy atom. The van der Waals surface area contributed by atoms with E-state index in [1.807, 2.05) is 12.1 Å². The Labute approximate surface area is 164 Å². The van der Waals surface area contributed by atoms with Crippen LogP contribution in [0.5, 0.6) is 0 Å². The van der Waals surface area contributed by atoms with Crippen molar-refractivity contribution in [3.8, 4) is 0 Å². The molecule has 5 heteroatoms. The van der Waals surface area contributed by atoms with E-state index in [9.17, 15) is 4.79 Å². The van der Waals surface area contributed by atoms with Crippen LogP contribution in [0, 0.1) is 11.8 Å². The predicted molar refractivity (Wildman–Crippen MR) is 107 cm³/mol. The predicted octanol–water partition coefficient (Wildman–Crippen LogP) is 5.85. The first-order valence-corrected chi connectivity index (χ1v) is 9.64. The summed E-state index contributed by atoms with van der Waals surface area (Å²) >= 11 is 11.9. The van der Waals surface area contributed by atoms with Gasteiger partial charge in [-0.25, -0.2) is 0 Å². The maximum absolute atomic E-state index is 12.3. The van der Waals surface area contributed by atoms with Gasteiger partial charge in [-0.1, -0.05) is 42.3 Å². The molecule has 138 valence electrons. The number of amides is 1. The van der Waals surface area contributed by atoms with Crippen LogP contribution in [0.2, 0.25) is 10.0 Å². The van der Waals surface area contributed by atoms with Crippen LogP contribution in [0.3, 0.4) is 0 Å². The summed E-state index contributed by atoms with van der Waals surface area (Å²) in [6.45, 7) is 5.21. The normalized spacial score (nSPS) is 22.8. The number of ether oxygens (including phenoxy) is 1. The lowest BCUT2D eigenvalue weighted by molar-refractivity contribution is -0.0397. The van der Waals surface area contributed by atoms with Gasteiger partial charge < -0.3 is 10.1 Å². The van der Waals surface area contributed by atoms with E-state index in [1.165, 1.54) is 12.0 Å². The summed E-state index contributed by atoms with van der Waals surface area (Å²) in [5, 5.41) is 3.76. The molecule has 1 heterocycles. The van der Waals surface area contributed by atoms with E-state index in [0.717, 1.165) is 18.7 Å². The fourth-order valence-corrected chi connectivity index (χ4v) is 3.85. The Kier molecular flexibility index (Phi) is 6.23. The molecule has 1 aliphatic rings. The largest absolute Gasteiger partial charge is 0.378 e. The second-order valence-corrected chi connectivity index (χ2v) is 8.00. The van der Waals surface area contributed by atoms with E-state index in [0.29, 0.717) is 33.5 Å². The van der Waals surface area contributed by atoms with Crippen LogP contribution < -0.4 is 5.32 Å². The highest BCUT2D eigenvalue weighted by molar-refractivity contribution is 6.35. The van der Waals surface area contributed by atoms with Gasteiger partial charge in [0.25, 0.3) is 5.91 Å². The van der Waals surface area contributed by atoms with E-state index >= 15 is 0 Å². The molecule has 3 nitrogen and oxygen atoms in total. The lowest BCUT2D eigenvalue weighted by atomic mass is 9.86. The lowest BCUT2D eigenvalue weighted by Crippen LogP contribution is -2.31. The van der Waals surface area contributed by atoms with Gasteiger partial charge in [0.2, 0.25) is 0 Å². The molecule has 1 fully saturated rings. The molecule has 3 rings (SSSR count). The molecule has 1 saturated heterocycles. The molecule has 0 aliphatic carbocycles. The third kappa shape index (κ3) is 5.00. The molecule has 0 saturated carbocycles. The number of halogens is 2. The van der Waals surface area contributed by atoms with Crippen molar-refractivity contribution in [1.29, 1.82) is 0 Å². The van der Waals surface area contributed by atoms with Crippen molar-refractivity contribution >= 4 is 34.8 Å². The number of anilines is 1. The summed E-state index contributed by atoms with van der Waals surface area (Å²) in [6, 6.07) is 12.8. The summed E-state index contributed by atoms with van der Waals surface area (Å²) in [5.74, 6) is 0.915. The number of rotatable bonds is 4. The summed E-state index contributed by atoms with van der Waals surface area (Å²) in [5.41, 5.74) is 2.44. The number of hydrogen-bond acceptors (Lipinski definition) is 2. The van der Waals surface area contributed by atoms with Crippen LogP contribution in [0.25, 0.3) is 0 Å². The number of benzene rings is 2. The molecular weight excluding hydrogens is 369 g/mol. The number of carbonyl (C=O) groups excluding carboxylic acids is 1.